The van der Waals surface area contributed by atoms with E-state index in [0.717, 1.165) is 24.1 Å². The molecule has 0 radical (unpaired) electrons. The van der Waals surface area contributed by atoms with E-state index in [-0.39, 0.29) is 5.43 Å². The number of amides is 1. The maximum atomic E-state index is 12.3. The standard InChI is InChI=1S/C22H25N5O3/c1-26-14-19(13-23-26)27-10-9-21(28)20(25-27)12-17-7-4-8-18(11-17)24-22(29)30-15-16-5-2-3-6-16/h4,7-11,13-14,16H,2-3,5-6,12,15H2,1H3,(H,24,29). The molecule has 0 spiro atoms. The Kier molecular flexibility index (Phi) is 5.92. The molecule has 3 aromatic rings. The van der Waals surface area contributed by atoms with Gasteiger partial charge >= 0.3 is 6.09 Å². The quantitative estimate of drug-likeness (QED) is 0.677. The van der Waals surface area contributed by atoms with Gasteiger partial charge in [-0.2, -0.15) is 10.2 Å². The monoisotopic (exact) mass is 407 g/mol. The number of hydrogen-bond donors (Lipinski definition) is 1. The van der Waals surface area contributed by atoms with Crippen LogP contribution in [-0.4, -0.2) is 32.3 Å². The third-order valence-corrected chi connectivity index (χ3v) is 5.31. The second-order valence-corrected chi connectivity index (χ2v) is 7.69. The van der Waals surface area contributed by atoms with Crippen LogP contribution in [0.3, 0.4) is 0 Å². The third kappa shape index (κ3) is 4.94. The zero-order valence-electron chi connectivity index (χ0n) is 17.0. The minimum atomic E-state index is -0.448. The van der Waals surface area contributed by atoms with Crippen molar-refractivity contribution in [3.05, 3.63) is 70.4 Å². The van der Waals surface area contributed by atoms with E-state index in [1.807, 2.05) is 31.4 Å². The number of carbonyl (C=O) groups is 1. The summed E-state index contributed by atoms with van der Waals surface area (Å²) in [5, 5.41) is 11.4. The Balaban J connectivity index is 1.42. The molecule has 8 nitrogen and oxygen atoms in total. The number of benzene rings is 1. The topological polar surface area (TPSA) is 91.0 Å². The molecular formula is C22H25N5O3. The van der Waals surface area contributed by atoms with Crippen molar-refractivity contribution in [3.63, 3.8) is 0 Å². The van der Waals surface area contributed by atoms with Gasteiger partial charge in [0.25, 0.3) is 0 Å². The summed E-state index contributed by atoms with van der Waals surface area (Å²) in [6.07, 6.45) is 9.73. The molecule has 1 amide bonds. The van der Waals surface area contributed by atoms with Crippen molar-refractivity contribution in [2.75, 3.05) is 11.9 Å². The molecule has 0 unspecified atom stereocenters. The lowest BCUT2D eigenvalue weighted by atomic mass is 10.1. The number of carbonyl (C=O) groups excluding carboxylic acids is 1. The van der Waals surface area contributed by atoms with Gasteiger partial charge in [0.2, 0.25) is 5.43 Å². The van der Waals surface area contributed by atoms with Crippen LogP contribution in [0.4, 0.5) is 10.5 Å². The number of aromatic nitrogens is 4. The second kappa shape index (κ2) is 8.94. The molecule has 4 rings (SSSR count). The largest absolute Gasteiger partial charge is 0.449 e. The summed E-state index contributed by atoms with van der Waals surface area (Å²) in [5.74, 6) is 0.480. The average Bonchev–Trinajstić information content (AvgIpc) is 3.40. The lowest BCUT2D eigenvalue weighted by Gasteiger charge is -2.11. The maximum Gasteiger partial charge on any atom is 0.411 e. The van der Waals surface area contributed by atoms with Gasteiger partial charge in [-0.05, 0) is 36.5 Å². The van der Waals surface area contributed by atoms with Crippen molar-refractivity contribution in [2.45, 2.75) is 32.1 Å². The van der Waals surface area contributed by atoms with E-state index in [1.54, 1.807) is 27.8 Å². The van der Waals surface area contributed by atoms with Gasteiger partial charge in [-0.15, -0.1) is 0 Å². The van der Waals surface area contributed by atoms with Crippen LogP contribution >= 0.6 is 0 Å². The predicted octanol–water partition coefficient (Wildman–Crippen LogP) is 3.30. The van der Waals surface area contributed by atoms with Crippen LogP contribution in [0.5, 0.6) is 0 Å². The number of hydrogen-bond acceptors (Lipinski definition) is 5. The number of anilines is 1. The second-order valence-electron chi connectivity index (χ2n) is 7.69. The SMILES string of the molecule is Cn1cc(-n2ccc(=O)c(Cc3cccc(NC(=O)OCC4CCCC4)c3)n2)cn1. The zero-order chi connectivity index (χ0) is 20.9. The molecule has 1 aromatic carbocycles. The van der Waals surface area contributed by atoms with Crippen molar-refractivity contribution >= 4 is 11.8 Å². The van der Waals surface area contributed by atoms with Crippen LogP contribution in [0.1, 0.15) is 36.9 Å². The molecule has 30 heavy (non-hydrogen) atoms. The molecule has 0 bridgehead atoms. The Labute approximate surface area is 174 Å². The third-order valence-electron chi connectivity index (χ3n) is 5.31. The highest BCUT2D eigenvalue weighted by Crippen LogP contribution is 2.24. The highest BCUT2D eigenvalue weighted by molar-refractivity contribution is 5.84. The molecule has 0 aliphatic heterocycles. The first-order valence-corrected chi connectivity index (χ1v) is 10.2. The van der Waals surface area contributed by atoms with E-state index in [1.165, 1.54) is 18.9 Å². The maximum absolute atomic E-state index is 12.3. The molecule has 0 saturated heterocycles. The summed E-state index contributed by atoms with van der Waals surface area (Å²) in [7, 11) is 1.82. The molecule has 156 valence electrons. The number of nitrogens with one attached hydrogen (secondary N) is 1. The highest BCUT2D eigenvalue weighted by Gasteiger charge is 2.17. The number of aryl methyl sites for hydroxylation is 1. The fourth-order valence-corrected chi connectivity index (χ4v) is 3.72. The van der Waals surface area contributed by atoms with E-state index in [2.05, 4.69) is 15.5 Å². The lowest BCUT2D eigenvalue weighted by molar-refractivity contribution is 0.142. The summed E-state index contributed by atoms with van der Waals surface area (Å²) in [6.45, 7) is 0.466. The van der Waals surface area contributed by atoms with E-state index in [9.17, 15) is 9.59 Å². The molecule has 1 saturated carbocycles. The van der Waals surface area contributed by atoms with Gasteiger partial charge in [0.05, 0.1) is 19.0 Å². The average molecular weight is 407 g/mol. The van der Waals surface area contributed by atoms with Crippen molar-refractivity contribution in [3.8, 4) is 5.69 Å². The van der Waals surface area contributed by atoms with Gasteiger partial charge in [-0.3, -0.25) is 14.8 Å². The van der Waals surface area contributed by atoms with E-state index >= 15 is 0 Å². The Morgan fingerprint density at radius 3 is 2.87 bits per heavy atom. The molecular weight excluding hydrogens is 382 g/mol. The first-order chi connectivity index (χ1) is 14.6. The van der Waals surface area contributed by atoms with Gasteiger partial charge in [0, 0.05) is 31.4 Å². The van der Waals surface area contributed by atoms with Crippen LogP contribution in [0.15, 0.2) is 53.7 Å². The summed E-state index contributed by atoms with van der Waals surface area (Å²) >= 11 is 0. The zero-order valence-corrected chi connectivity index (χ0v) is 17.0. The van der Waals surface area contributed by atoms with E-state index < -0.39 is 6.09 Å². The van der Waals surface area contributed by atoms with Crippen molar-refractivity contribution in [1.82, 2.24) is 19.6 Å². The highest BCUT2D eigenvalue weighted by atomic mass is 16.5. The Morgan fingerprint density at radius 1 is 1.27 bits per heavy atom. The minimum Gasteiger partial charge on any atom is -0.449 e. The van der Waals surface area contributed by atoms with Gasteiger partial charge in [0.15, 0.2) is 0 Å². The smallest absolute Gasteiger partial charge is 0.411 e. The van der Waals surface area contributed by atoms with Gasteiger partial charge in [0.1, 0.15) is 11.4 Å². The van der Waals surface area contributed by atoms with Crippen LogP contribution in [0.25, 0.3) is 5.69 Å². The summed E-state index contributed by atoms with van der Waals surface area (Å²) < 4.78 is 8.66. The Bertz CT molecular complexity index is 1080. The van der Waals surface area contributed by atoms with E-state index in [0.29, 0.717) is 30.3 Å². The summed E-state index contributed by atoms with van der Waals surface area (Å²) in [6, 6.07) is 8.87. The molecule has 2 heterocycles. The van der Waals surface area contributed by atoms with Crippen LogP contribution < -0.4 is 10.7 Å². The summed E-state index contributed by atoms with van der Waals surface area (Å²) in [5.41, 5.74) is 2.57. The fraction of sp³-hybridized carbons (Fsp3) is 0.364. The molecule has 8 heteroatoms. The van der Waals surface area contributed by atoms with Crippen LogP contribution in [0, 0.1) is 5.92 Å². The molecule has 1 N–H and O–H groups in total. The van der Waals surface area contributed by atoms with E-state index in [4.69, 9.17) is 4.74 Å². The van der Waals surface area contributed by atoms with Gasteiger partial charge < -0.3 is 4.74 Å². The Hall–Kier alpha value is -3.42. The van der Waals surface area contributed by atoms with Crippen LogP contribution in [0.2, 0.25) is 0 Å². The fourth-order valence-electron chi connectivity index (χ4n) is 3.72. The predicted molar refractivity (Wildman–Crippen MR) is 113 cm³/mol. The first kappa shape index (κ1) is 19.9. The molecule has 0 atom stereocenters. The first-order valence-electron chi connectivity index (χ1n) is 10.2. The lowest BCUT2D eigenvalue weighted by Crippen LogP contribution is -2.18. The Morgan fingerprint density at radius 2 is 2.10 bits per heavy atom. The normalized spacial score (nSPS) is 14.0. The van der Waals surface area contributed by atoms with Crippen molar-refractivity contribution < 1.29 is 9.53 Å². The number of nitrogens with zero attached hydrogens (tertiary/aromatic N) is 4. The van der Waals surface area contributed by atoms with Crippen molar-refractivity contribution in [1.29, 1.82) is 0 Å². The molecule has 2 aromatic heterocycles. The molecule has 1 aliphatic rings. The number of ether oxygens (including phenoxy) is 1. The number of rotatable bonds is 6. The van der Waals surface area contributed by atoms with Crippen LogP contribution in [-0.2, 0) is 18.2 Å². The molecule has 1 fully saturated rings. The van der Waals surface area contributed by atoms with Crippen molar-refractivity contribution in [2.24, 2.45) is 13.0 Å². The summed E-state index contributed by atoms with van der Waals surface area (Å²) in [4.78, 5) is 24.4. The molecule has 1 aliphatic carbocycles. The van der Waals surface area contributed by atoms with Gasteiger partial charge in [-0.1, -0.05) is 25.0 Å². The van der Waals surface area contributed by atoms with Gasteiger partial charge in [-0.25, -0.2) is 9.48 Å². The minimum absolute atomic E-state index is 0.135.